The van der Waals surface area contributed by atoms with Gasteiger partial charge in [-0.25, -0.2) is 0 Å². The Morgan fingerprint density at radius 2 is 0.692 bits per heavy atom. The van der Waals surface area contributed by atoms with Crippen molar-refractivity contribution in [3.63, 3.8) is 0 Å². The van der Waals surface area contributed by atoms with Crippen LogP contribution in [0.25, 0.3) is 77.2 Å². The summed E-state index contributed by atoms with van der Waals surface area (Å²) in [6, 6.07) is 86.2. The molecule has 4 aliphatic rings. The van der Waals surface area contributed by atoms with Gasteiger partial charge >= 0.3 is 0 Å². The Bertz CT molecular complexity index is 3820. The molecule has 0 fully saturated rings. The van der Waals surface area contributed by atoms with Crippen molar-refractivity contribution in [2.24, 2.45) is 0 Å². The zero-order chi connectivity index (χ0) is 42.4. The van der Waals surface area contributed by atoms with Crippen molar-refractivity contribution in [2.75, 3.05) is 0 Å². The summed E-state index contributed by atoms with van der Waals surface area (Å²) in [6.07, 6.45) is 0. The molecule has 1 aliphatic heterocycles. The lowest BCUT2D eigenvalue weighted by atomic mass is 9.65. The molecule has 11 aromatic carbocycles. The number of ether oxygens (including phenoxy) is 1. The predicted octanol–water partition coefficient (Wildman–Crippen LogP) is 16.1. The minimum Gasteiger partial charge on any atom is -0.456 e. The van der Waals surface area contributed by atoms with Crippen LogP contribution < -0.4 is 4.74 Å². The summed E-state index contributed by atoms with van der Waals surface area (Å²) in [7, 11) is 0. The molecule has 0 N–H and O–H groups in total. The van der Waals surface area contributed by atoms with Crippen LogP contribution in [0.2, 0.25) is 0 Å². The fraction of sp³-hybridized carbons (Fsp3) is 0.0312. The molecule has 1 nitrogen and oxygen atoms in total. The van der Waals surface area contributed by atoms with E-state index in [1.165, 1.54) is 116 Å². The summed E-state index contributed by atoms with van der Waals surface area (Å²) in [4.78, 5) is 0. The van der Waals surface area contributed by atoms with E-state index in [9.17, 15) is 0 Å². The number of hydrogen-bond acceptors (Lipinski definition) is 1. The van der Waals surface area contributed by atoms with E-state index >= 15 is 0 Å². The summed E-state index contributed by atoms with van der Waals surface area (Å²) in [6.45, 7) is 0. The number of para-hydroxylation sites is 1. The molecule has 1 heterocycles. The van der Waals surface area contributed by atoms with E-state index < -0.39 is 10.8 Å². The van der Waals surface area contributed by atoms with Gasteiger partial charge in [-0.05, 0) is 136 Å². The molecule has 1 atom stereocenters. The first-order valence-corrected chi connectivity index (χ1v) is 22.7. The fourth-order valence-electron chi connectivity index (χ4n) is 12.8. The van der Waals surface area contributed by atoms with Gasteiger partial charge in [0, 0.05) is 16.5 Å². The summed E-state index contributed by atoms with van der Waals surface area (Å²) in [5.41, 5.74) is 22.1. The van der Waals surface area contributed by atoms with Crippen LogP contribution in [0, 0.1) is 0 Å². The molecule has 15 rings (SSSR count). The molecule has 1 unspecified atom stereocenters. The summed E-state index contributed by atoms with van der Waals surface area (Å²) in [5.74, 6) is 1.84. The Morgan fingerprint density at radius 3 is 1.34 bits per heavy atom. The number of benzene rings is 11. The minimum atomic E-state index is -0.544. The number of hydrogen-bond donors (Lipinski definition) is 0. The predicted molar refractivity (Wildman–Crippen MR) is 266 cm³/mol. The average Bonchev–Trinajstić information content (AvgIpc) is 3.95. The Kier molecular flexibility index (Phi) is 6.88. The van der Waals surface area contributed by atoms with Crippen LogP contribution in [0.4, 0.5) is 0 Å². The van der Waals surface area contributed by atoms with Crippen LogP contribution >= 0.6 is 0 Å². The summed E-state index contributed by atoms with van der Waals surface area (Å²) < 4.78 is 7.04. The van der Waals surface area contributed by atoms with Crippen molar-refractivity contribution in [1.82, 2.24) is 0 Å². The highest BCUT2D eigenvalue weighted by Crippen LogP contribution is 2.65. The molecule has 0 saturated heterocycles. The smallest absolute Gasteiger partial charge is 0.140 e. The summed E-state index contributed by atoms with van der Waals surface area (Å²) in [5, 5.41) is 4.84. The molecule has 65 heavy (non-hydrogen) atoms. The van der Waals surface area contributed by atoms with E-state index in [1.807, 2.05) is 0 Å². The standard InChI is InChI=1S/C64H38O/c1-2-16-42-36-59-52(35-41(42)15-1)48-21-8-12-26-56(48)64(59)55-25-11-7-20-47(55)49-34-33-43(37-58(49)64)39-29-31-40(32-30-39)51-38-60-62(50-22-4-3-17-44(50)51)65-61-28-14-13-27-57(61)63(60)53-23-9-5-18-45(53)46-19-6-10-24-54(46)63/h1-38H. The van der Waals surface area contributed by atoms with Crippen LogP contribution in [0.1, 0.15) is 44.5 Å². The minimum absolute atomic E-state index is 0.423. The van der Waals surface area contributed by atoms with Crippen LogP contribution in [0.5, 0.6) is 11.5 Å². The van der Waals surface area contributed by atoms with Gasteiger partial charge in [0.05, 0.1) is 10.8 Å². The number of fused-ring (bicyclic) bond motifs is 22. The van der Waals surface area contributed by atoms with Crippen molar-refractivity contribution in [3.8, 4) is 67.1 Å². The van der Waals surface area contributed by atoms with E-state index in [-0.39, 0.29) is 0 Å². The molecule has 0 aromatic heterocycles. The molecule has 1 heteroatoms. The normalized spacial score (nSPS) is 16.0. The maximum Gasteiger partial charge on any atom is 0.140 e. The Morgan fingerprint density at radius 1 is 0.246 bits per heavy atom. The Balaban J connectivity index is 0.921. The van der Waals surface area contributed by atoms with Crippen LogP contribution in [-0.4, -0.2) is 0 Å². The average molecular weight is 823 g/mol. The first-order chi connectivity index (χ1) is 32.2. The van der Waals surface area contributed by atoms with Gasteiger partial charge in [0.25, 0.3) is 0 Å². The lowest BCUT2D eigenvalue weighted by Gasteiger charge is -2.40. The molecular weight excluding hydrogens is 785 g/mol. The molecule has 300 valence electrons. The second-order valence-corrected chi connectivity index (χ2v) is 18.2. The molecular formula is C64H38O. The second-order valence-electron chi connectivity index (χ2n) is 18.2. The highest BCUT2D eigenvalue weighted by molar-refractivity contribution is 6.05. The van der Waals surface area contributed by atoms with E-state index in [0.29, 0.717) is 0 Å². The van der Waals surface area contributed by atoms with Gasteiger partial charge in [0.15, 0.2) is 0 Å². The van der Waals surface area contributed by atoms with Gasteiger partial charge in [-0.1, -0.05) is 200 Å². The first kappa shape index (κ1) is 35.2. The largest absolute Gasteiger partial charge is 0.456 e. The highest BCUT2D eigenvalue weighted by atomic mass is 16.5. The molecule has 0 saturated carbocycles. The van der Waals surface area contributed by atoms with E-state index in [2.05, 4.69) is 231 Å². The van der Waals surface area contributed by atoms with Gasteiger partial charge in [-0.2, -0.15) is 0 Å². The van der Waals surface area contributed by atoms with E-state index in [0.717, 1.165) is 16.9 Å². The molecule has 3 aliphatic carbocycles. The van der Waals surface area contributed by atoms with Gasteiger partial charge in [0.2, 0.25) is 0 Å². The van der Waals surface area contributed by atoms with Gasteiger partial charge < -0.3 is 4.74 Å². The Labute approximate surface area is 377 Å². The maximum atomic E-state index is 7.04. The molecule has 0 radical (unpaired) electrons. The topological polar surface area (TPSA) is 9.23 Å². The zero-order valence-electron chi connectivity index (χ0n) is 35.3. The monoisotopic (exact) mass is 822 g/mol. The third-order valence-corrected chi connectivity index (χ3v) is 15.3. The van der Waals surface area contributed by atoms with Crippen LogP contribution in [-0.2, 0) is 10.8 Å². The van der Waals surface area contributed by atoms with Gasteiger partial charge in [-0.15, -0.1) is 0 Å². The van der Waals surface area contributed by atoms with Crippen molar-refractivity contribution in [2.45, 2.75) is 10.8 Å². The lowest BCUT2D eigenvalue weighted by molar-refractivity contribution is 0.442. The number of rotatable bonds is 2. The lowest BCUT2D eigenvalue weighted by Crippen LogP contribution is -2.32. The fourth-order valence-corrected chi connectivity index (χ4v) is 12.8. The Hall–Kier alpha value is -8.26. The maximum absolute atomic E-state index is 7.04. The van der Waals surface area contributed by atoms with Gasteiger partial charge in [-0.3, -0.25) is 0 Å². The third kappa shape index (κ3) is 4.38. The molecule has 11 aromatic rings. The molecule has 2 spiro atoms. The van der Waals surface area contributed by atoms with Crippen LogP contribution in [0.3, 0.4) is 0 Å². The van der Waals surface area contributed by atoms with Crippen molar-refractivity contribution >= 4 is 21.5 Å². The zero-order valence-corrected chi connectivity index (χ0v) is 35.3. The molecule has 0 amide bonds. The van der Waals surface area contributed by atoms with Crippen molar-refractivity contribution in [3.05, 3.63) is 275 Å². The van der Waals surface area contributed by atoms with E-state index in [1.54, 1.807) is 0 Å². The van der Waals surface area contributed by atoms with Crippen molar-refractivity contribution < 1.29 is 4.74 Å². The SMILES string of the molecule is c1ccc2c(c1)Oc1c(cc(-c3ccc(-c4ccc5c(c4)C4(c6ccccc6-5)c5ccccc5-c5cc6ccccc6cc54)cc3)c3ccccc13)C21c2ccccc2-c2ccccc21. The molecule has 0 bridgehead atoms. The second kappa shape index (κ2) is 12.7. The van der Waals surface area contributed by atoms with Gasteiger partial charge in [0.1, 0.15) is 11.5 Å². The van der Waals surface area contributed by atoms with Crippen LogP contribution in [0.15, 0.2) is 231 Å². The third-order valence-electron chi connectivity index (χ3n) is 15.3. The highest BCUT2D eigenvalue weighted by Gasteiger charge is 2.53. The quantitative estimate of drug-likeness (QED) is 0.169. The van der Waals surface area contributed by atoms with E-state index in [4.69, 9.17) is 4.74 Å². The summed E-state index contributed by atoms with van der Waals surface area (Å²) >= 11 is 0. The van der Waals surface area contributed by atoms with Crippen molar-refractivity contribution in [1.29, 1.82) is 0 Å². The first-order valence-electron chi connectivity index (χ1n) is 22.7.